The Morgan fingerprint density at radius 3 is 1.74 bits per heavy atom. The summed E-state index contributed by atoms with van der Waals surface area (Å²) < 4.78 is 1.09. The average Bonchev–Trinajstić information content (AvgIpc) is 2.89. The van der Waals surface area contributed by atoms with Crippen molar-refractivity contribution < 1.29 is 0 Å². The number of halogens is 3. The summed E-state index contributed by atoms with van der Waals surface area (Å²) in [5.74, 6) is 0. The van der Waals surface area contributed by atoms with E-state index in [0.29, 0.717) is 5.15 Å². The molecule has 0 atom stereocenters. The molecule has 1 heterocycles. The molecule has 6 heteroatoms. The largest absolute Gasteiger partial charge is 0.245 e. The zero-order chi connectivity index (χ0) is 25.5. The molecular weight excluding hydrogens is 661 g/mol. The number of alkyl halides is 2. The van der Waals surface area contributed by atoms with E-state index in [9.17, 15) is 0 Å². The van der Waals surface area contributed by atoms with Crippen LogP contribution < -0.4 is 20.7 Å². The van der Waals surface area contributed by atoms with Gasteiger partial charge in [0.15, 0.2) is 0 Å². The summed E-state index contributed by atoms with van der Waals surface area (Å²) in [5, 5.41) is 7.28. The van der Waals surface area contributed by atoms with Crippen molar-refractivity contribution in [3.05, 3.63) is 113 Å². The Hall–Kier alpha value is -1.26. The topological polar surface area (TPSA) is 12.9 Å². The van der Waals surface area contributed by atoms with Gasteiger partial charge in [-0.1, -0.05) is 177 Å². The SMILES string of the molecule is C[Si](C)(c1ccc(Cl)nc1)c1ccccc1CBr.C[Si](C)(c1ccccc1)c1ccccc1CI. The van der Waals surface area contributed by atoms with E-state index in [1.54, 1.807) is 5.19 Å². The van der Waals surface area contributed by atoms with E-state index in [2.05, 4.69) is 155 Å². The van der Waals surface area contributed by atoms with E-state index in [1.165, 1.54) is 26.7 Å². The molecule has 0 aliphatic rings. The van der Waals surface area contributed by atoms with Crippen LogP contribution in [-0.4, -0.2) is 21.1 Å². The predicted octanol–water partition coefficient (Wildman–Crippen LogP) is 6.90. The molecule has 1 aromatic heterocycles. The molecule has 0 aliphatic carbocycles. The van der Waals surface area contributed by atoms with Crippen molar-refractivity contribution in [2.45, 2.75) is 35.9 Å². The normalized spacial score (nSPS) is 11.5. The van der Waals surface area contributed by atoms with Gasteiger partial charge in [0, 0.05) is 16.0 Å². The van der Waals surface area contributed by atoms with Crippen molar-refractivity contribution in [3.8, 4) is 0 Å². The van der Waals surface area contributed by atoms with Crippen LogP contribution in [-0.2, 0) is 9.76 Å². The lowest BCUT2D eigenvalue weighted by molar-refractivity contribution is 1.34. The minimum atomic E-state index is -1.70. The number of aromatic nitrogens is 1. The van der Waals surface area contributed by atoms with E-state index < -0.39 is 16.1 Å². The zero-order valence-corrected chi connectivity index (χ0v) is 27.2. The Bertz CT molecular complexity index is 1230. The van der Waals surface area contributed by atoms with Crippen LogP contribution in [0.15, 0.2) is 97.2 Å². The van der Waals surface area contributed by atoms with Gasteiger partial charge in [-0.25, -0.2) is 4.98 Å². The van der Waals surface area contributed by atoms with Crippen LogP contribution in [0.1, 0.15) is 11.1 Å². The van der Waals surface area contributed by atoms with E-state index >= 15 is 0 Å². The number of hydrogen-bond donors (Lipinski definition) is 0. The summed E-state index contributed by atoms with van der Waals surface area (Å²) in [4.78, 5) is 4.21. The highest BCUT2D eigenvalue weighted by atomic mass is 127. The summed E-state index contributed by atoms with van der Waals surface area (Å²) in [7, 11) is -3.22. The van der Waals surface area contributed by atoms with Crippen LogP contribution in [0, 0.1) is 0 Å². The maximum atomic E-state index is 5.86. The first-order valence-electron chi connectivity index (χ1n) is 11.7. The van der Waals surface area contributed by atoms with Crippen molar-refractivity contribution in [1.29, 1.82) is 0 Å². The van der Waals surface area contributed by atoms with Crippen molar-refractivity contribution in [2.75, 3.05) is 0 Å². The van der Waals surface area contributed by atoms with Gasteiger partial charge in [-0.15, -0.1) is 0 Å². The monoisotopic (exact) mass is 691 g/mol. The number of hydrogen-bond acceptors (Lipinski definition) is 1. The molecule has 0 saturated heterocycles. The van der Waals surface area contributed by atoms with E-state index in [1.807, 2.05) is 12.3 Å². The van der Waals surface area contributed by atoms with Crippen LogP contribution in [0.2, 0.25) is 31.3 Å². The van der Waals surface area contributed by atoms with Gasteiger partial charge in [0.1, 0.15) is 21.3 Å². The fraction of sp³-hybridized carbons (Fsp3) is 0.207. The molecule has 182 valence electrons. The molecule has 0 bridgehead atoms. The Balaban J connectivity index is 0.000000196. The number of nitrogens with zero attached hydrogens (tertiary/aromatic N) is 1. The highest BCUT2D eigenvalue weighted by Gasteiger charge is 2.28. The Labute approximate surface area is 239 Å². The lowest BCUT2D eigenvalue weighted by Gasteiger charge is -2.26. The average molecular weight is 693 g/mol. The summed E-state index contributed by atoms with van der Waals surface area (Å²) in [6.45, 7) is 9.57. The minimum Gasteiger partial charge on any atom is -0.245 e. The van der Waals surface area contributed by atoms with Crippen molar-refractivity contribution >= 4 is 87.0 Å². The van der Waals surface area contributed by atoms with Crippen LogP contribution in [0.4, 0.5) is 0 Å². The van der Waals surface area contributed by atoms with Gasteiger partial charge in [0.05, 0.1) is 0 Å². The molecule has 0 amide bonds. The third-order valence-corrected chi connectivity index (χ3v) is 15.4. The minimum absolute atomic E-state index is 0.553. The number of rotatable bonds is 6. The molecule has 0 fully saturated rings. The fourth-order valence-electron chi connectivity index (χ4n) is 4.40. The van der Waals surface area contributed by atoms with E-state index in [-0.39, 0.29) is 0 Å². The molecule has 0 radical (unpaired) electrons. The highest BCUT2D eigenvalue weighted by molar-refractivity contribution is 14.1. The zero-order valence-electron chi connectivity index (χ0n) is 20.7. The van der Waals surface area contributed by atoms with Gasteiger partial charge >= 0.3 is 0 Å². The molecule has 4 aromatic rings. The lowest BCUT2D eigenvalue weighted by atomic mass is 10.2. The maximum Gasteiger partial charge on any atom is 0.128 e. The fourth-order valence-corrected chi connectivity index (χ4v) is 11.8. The maximum absolute atomic E-state index is 5.86. The van der Waals surface area contributed by atoms with Crippen molar-refractivity contribution in [3.63, 3.8) is 0 Å². The van der Waals surface area contributed by atoms with Crippen LogP contribution in [0.25, 0.3) is 0 Å². The second kappa shape index (κ2) is 12.8. The number of pyridine rings is 1. The molecule has 4 rings (SSSR count). The Kier molecular flexibility index (Phi) is 10.4. The number of benzene rings is 3. The van der Waals surface area contributed by atoms with Gasteiger partial charge in [0.2, 0.25) is 0 Å². The second-order valence-electron chi connectivity index (χ2n) is 9.57. The third-order valence-electron chi connectivity index (χ3n) is 6.61. The lowest BCUT2D eigenvalue weighted by Crippen LogP contribution is -2.54. The molecule has 0 unspecified atom stereocenters. The summed E-state index contributed by atoms with van der Waals surface area (Å²) in [5.41, 5.74) is 2.86. The molecular formula is C29H32BrClINSi2. The highest BCUT2D eigenvalue weighted by Crippen LogP contribution is 2.13. The Morgan fingerprint density at radius 2 is 1.20 bits per heavy atom. The molecule has 0 N–H and O–H groups in total. The summed E-state index contributed by atoms with van der Waals surface area (Å²) in [6, 6.07) is 32.4. The first kappa shape index (κ1) is 28.3. The molecule has 0 aliphatic heterocycles. The van der Waals surface area contributed by atoms with Crippen molar-refractivity contribution in [1.82, 2.24) is 4.98 Å². The van der Waals surface area contributed by atoms with Crippen LogP contribution in [0.3, 0.4) is 0 Å². The molecule has 0 spiro atoms. The van der Waals surface area contributed by atoms with Crippen LogP contribution in [0.5, 0.6) is 0 Å². The van der Waals surface area contributed by atoms with Crippen LogP contribution >= 0.6 is 50.1 Å². The van der Waals surface area contributed by atoms with Gasteiger partial charge in [-0.3, -0.25) is 0 Å². The molecule has 1 nitrogen and oxygen atoms in total. The summed E-state index contributed by atoms with van der Waals surface area (Å²) >= 11 is 11.9. The molecule has 0 saturated carbocycles. The smallest absolute Gasteiger partial charge is 0.128 e. The standard InChI is InChI=1S/C15H17ISi.C14H15BrClNSi/c1-17(2,14-9-4-3-5-10-14)15-11-7-6-8-13(15)12-16;1-18(2,12-7-8-14(16)17-10-12)13-6-4-3-5-11(13)9-15/h3-11H,12H2,1-2H3;3-8,10H,9H2,1-2H3. The summed E-state index contributed by atoms with van der Waals surface area (Å²) in [6.07, 6.45) is 1.92. The van der Waals surface area contributed by atoms with E-state index in [0.717, 1.165) is 9.76 Å². The van der Waals surface area contributed by atoms with Gasteiger partial charge in [0.25, 0.3) is 0 Å². The molecule has 3 aromatic carbocycles. The Morgan fingerprint density at radius 1 is 0.686 bits per heavy atom. The first-order chi connectivity index (χ1) is 16.7. The second-order valence-corrected chi connectivity index (χ2v) is 20.0. The van der Waals surface area contributed by atoms with Gasteiger partial charge in [-0.05, 0) is 22.4 Å². The van der Waals surface area contributed by atoms with Crippen molar-refractivity contribution in [2.24, 2.45) is 0 Å². The molecule has 35 heavy (non-hydrogen) atoms. The quantitative estimate of drug-likeness (QED) is 0.0929. The first-order valence-corrected chi connectivity index (χ1v) is 20.7. The van der Waals surface area contributed by atoms with E-state index in [4.69, 9.17) is 11.6 Å². The van der Waals surface area contributed by atoms with Gasteiger partial charge < -0.3 is 0 Å². The van der Waals surface area contributed by atoms with Gasteiger partial charge in [-0.2, -0.15) is 0 Å². The predicted molar refractivity (Wildman–Crippen MR) is 172 cm³/mol. The third kappa shape index (κ3) is 6.95.